The van der Waals surface area contributed by atoms with Gasteiger partial charge in [0, 0.05) is 25.0 Å². The van der Waals surface area contributed by atoms with Crippen molar-refractivity contribution in [3.63, 3.8) is 0 Å². The number of benzene rings is 2. The minimum absolute atomic E-state index is 0.0191. The first kappa shape index (κ1) is 16.6. The third-order valence-electron chi connectivity index (χ3n) is 2.82. The Bertz CT molecular complexity index is 641. The SMILES string of the molecule is O=C(CCCC(=O)Oc1cccc(F)c1)Oc1cccc(F)c1. The van der Waals surface area contributed by atoms with Crippen LogP contribution in [-0.4, -0.2) is 11.9 Å². The van der Waals surface area contributed by atoms with Crippen LogP contribution in [0, 0.1) is 11.6 Å². The number of halogens is 2. The molecule has 0 heterocycles. The maximum atomic E-state index is 12.9. The van der Waals surface area contributed by atoms with Crippen LogP contribution in [-0.2, 0) is 9.59 Å². The number of carbonyl (C=O) groups excluding carboxylic acids is 2. The molecule has 120 valence electrons. The lowest BCUT2D eigenvalue weighted by Gasteiger charge is -2.05. The number of hydrogen-bond acceptors (Lipinski definition) is 4. The molecular weight excluding hydrogens is 306 g/mol. The lowest BCUT2D eigenvalue weighted by atomic mass is 10.2. The van der Waals surface area contributed by atoms with Crippen LogP contribution in [0.25, 0.3) is 0 Å². The molecule has 0 aliphatic heterocycles. The highest BCUT2D eigenvalue weighted by atomic mass is 19.1. The predicted molar refractivity (Wildman–Crippen MR) is 77.9 cm³/mol. The fourth-order valence-electron chi connectivity index (χ4n) is 1.80. The van der Waals surface area contributed by atoms with Gasteiger partial charge < -0.3 is 9.47 Å². The molecule has 0 saturated heterocycles. The van der Waals surface area contributed by atoms with Gasteiger partial charge in [-0.25, -0.2) is 8.78 Å². The quantitative estimate of drug-likeness (QED) is 0.602. The molecular formula is C17H14F2O4. The first-order chi connectivity index (χ1) is 11.0. The van der Waals surface area contributed by atoms with Crippen molar-refractivity contribution in [1.29, 1.82) is 0 Å². The minimum Gasteiger partial charge on any atom is -0.426 e. The number of rotatable bonds is 6. The smallest absolute Gasteiger partial charge is 0.311 e. The van der Waals surface area contributed by atoms with Gasteiger partial charge in [0.2, 0.25) is 0 Å². The summed E-state index contributed by atoms with van der Waals surface area (Å²) in [4.78, 5) is 23.1. The molecule has 0 N–H and O–H groups in total. The average molecular weight is 320 g/mol. The van der Waals surface area contributed by atoms with E-state index in [1.165, 1.54) is 36.4 Å². The maximum Gasteiger partial charge on any atom is 0.311 e. The molecule has 0 spiro atoms. The molecule has 0 amide bonds. The lowest BCUT2D eigenvalue weighted by molar-refractivity contribution is -0.136. The second kappa shape index (κ2) is 8.03. The largest absolute Gasteiger partial charge is 0.426 e. The third kappa shape index (κ3) is 5.86. The van der Waals surface area contributed by atoms with Crippen molar-refractivity contribution >= 4 is 11.9 Å². The summed E-state index contributed by atoms with van der Waals surface area (Å²) in [5.74, 6) is -1.94. The summed E-state index contributed by atoms with van der Waals surface area (Å²) in [6.07, 6.45) is 0.172. The van der Waals surface area contributed by atoms with Crippen molar-refractivity contribution in [3.8, 4) is 11.5 Å². The van der Waals surface area contributed by atoms with Crippen molar-refractivity contribution in [2.75, 3.05) is 0 Å². The molecule has 0 bridgehead atoms. The van der Waals surface area contributed by atoms with E-state index in [9.17, 15) is 18.4 Å². The van der Waals surface area contributed by atoms with Crippen molar-refractivity contribution in [1.82, 2.24) is 0 Å². The molecule has 0 radical (unpaired) electrons. The van der Waals surface area contributed by atoms with Gasteiger partial charge in [0.25, 0.3) is 0 Å². The number of esters is 2. The lowest BCUT2D eigenvalue weighted by Crippen LogP contribution is -2.11. The van der Waals surface area contributed by atoms with Crippen molar-refractivity contribution in [3.05, 3.63) is 60.2 Å². The van der Waals surface area contributed by atoms with E-state index in [1.54, 1.807) is 0 Å². The van der Waals surface area contributed by atoms with Gasteiger partial charge >= 0.3 is 11.9 Å². The summed E-state index contributed by atoms with van der Waals surface area (Å²) < 4.78 is 35.7. The molecule has 0 aromatic heterocycles. The first-order valence-electron chi connectivity index (χ1n) is 6.95. The Morgan fingerprint density at radius 3 is 1.61 bits per heavy atom. The van der Waals surface area contributed by atoms with E-state index in [2.05, 4.69) is 0 Å². The highest BCUT2D eigenvalue weighted by Gasteiger charge is 2.10. The molecule has 2 aromatic rings. The van der Waals surface area contributed by atoms with Crippen molar-refractivity contribution < 1.29 is 27.8 Å². The van der Waals surface area contributed by atoms with Crippen molar-refractivity contribution in [2.24, 2.45) is 0 Å². The van der Waals surface area contributed by atoms with Crippen LogP contribution < -0.4 is 9.47 Å². The molecule has 23 heavy (non-hydrogen) atoms. The van der Waals surface area contributed by atoms with Gasteiger partial charge in [-0.15, -0.1) is 0 Å². The maximum absolute atomic E-state index is 12.9. The van der Waals surface area contributed by atoms with E-state index >= 15 is 0 Å². The third-order valence-corrected chi connectivity index (χ3v) is 2.82. The van der Waals surface area contributed by atoms with E-state index in [0.29, 0.717) is 0 Å². The Labute approximate surface area is 131 Å². The molecule has 0 fully saturated rings. The fraction of sp³-hybridized carbons (Fsp3) is 0.176. The zero-order chi connectivity index (χ0) is 16.7. The fourth-order valence-corrected chi connectivity index (χ4v) is 1.80. The van der Waals surface area contributed by atoms with Gasteiger partial charge in [0.15, 0.2) is 0 Å². The molecule has 0 aliphatic carbocycles. The van der Waals surface area contributed by atoms with Crippen LogP contribution in [0.1, 0.15) is 19.3 Å². The van der Waals surface area contributed by atoms with Crippen LogP contribution in [0.3, 0.4) is 0 Å². The summed E-state index contributed by atoms with van der Waals surface area (Å²) in [5.41, 5.74) is 0. The van der Waals surface area contributed by atoms with E-state index in [1.807, 2.05) is 0 Å². The second-order valence-corrected chi connectivity index (χ2v) is 4.72. The highest BCUT2D eigenvalue weighted by molar-refractivity contribution is 5.75. The van der Waals surface area contributed by atoms with E-state index in [-0.39, 0.29) is 30.8 Å². The number of carbonyl (C=O) groups is 2. The van der Waals surface area contributed by atoms with Crippen LogP contribution in [0.5, 0.6) is 11.5 Å². The molecule has 0 atom stereocenters. The second-order valence-electron chi connectivity index (χ2n) is 4.72. The summed E-state index contributed by atoms with van der Waals surface area (Å²) in [6.45, 7) is 0. The Morgan fingerprint density at radius 1 is 0.783 bits per heavy atom. The van der Waals surface area contributed by atoms with Gasteiger partial charge in [-0.3, -0.25) is 9.59 Å². The summed E-state index contributed by atoms with van der Waals surface area (Å²) >= 11 is 0. The highest BCUT2D eigenvalue weighted by Crippen LogP contribution is 2.15. The Kier molecular flexibility index (Phi) is 5.80. The average Bonchev–Trinajstić information content (AvgIpc) is 2.47. The molecule has 2 rings (SSSR count). The molecule has 0 unspecified atom stereocenters. The minimum atomic E-state index is -0.575. The number of ether oxygens (including phenoxy) is 2. The zero-order valence-corrected chi connectivity index (χ0v) is 12.1. The molecule has 0 saturated carbocycles. The molecule has 0 aliphatic rings. The van der Waals surface area contributed by atoms with E-state index in [0.717, 1.165) is 12.1 Å². The Morgan fingerprint density at radius 2 is 1.22 bits per heavy atom. The van der Waals surface area contributed by atoms with Crippen LogP contribution in [0.2, 0.25) is 0 Å². The van der Waals surface area contributed by atoms with Gasteiger partial charge in [-0.1, -0.05) is 12.1 Å². The zero-order valence-electron chi connectivity index (χ0n) is 12.1. The summed E-state index contributed by atoms with van der Waals surface area (Å²) in [7, 11) is 0. The number of hydrogen-bond donors (Lipinski definition) is 0. The van der Waals surface area contributed by atoms with Crippen LogP contribution in [0.15, 0.2) is 48.5 Å². The summed E-state index contributed by atoms with van der Waals surface area (Å²) in [6, 6.07) is 10.4. The monoisotopic (exact) mass is 320 g/mol. The molecule has 6 heteroatoms. The molecule has 4 nitrogen and oxygen atoms in total. The van der Waals surface area contributed by atoms with Crippen LogP contribution in [0.4, 0.5) is 8.78 Å². The van der Waals surface area contributed by atoms with Gasteiger partial charge in [0.1, 0.15) is 23.1 Å². The standard InChI is InChI=1S/C17H14F2O4/c18-12-4-1-6-14(10-12)22-16(20)8-3-9-17(21)23-15-7-2-5-13(19)11-15/h1-2,4-7,10-11H,3,8-9H2. The normalized spacial score (nSPS) is 10.2. The molecule has 2 aromatic carbocycles. The summed E-state index contributed by atoms with van der Waals surface area (Å²) in [5, 5.41) is 0. The topological polar surface area (TPSA) is 52.6 Å². The van der Waals surface area contributed by atoms with E-state index < -0.39 is 23.6 Å². The first-order valence-corrected chi connectivity index (χ1v) is 6.95. The van der Waals surface area contributed by atoms with Crippen molar-refractivity contribution in [2.45, 2.75) is 19.3 Å². The van der Waals surface area contributed by atoms with Gasteiger partial charge in [0.05, 0.1) is 0 Å². The van der Waals surface area contributed by atoms with E-state index in [4.69, 9.17) is 9.47 Å². The van der Waals surface area contributed by atoms with Crippen LogP contribution >= 0.6 is 0 Å². The Balaban J connectivity index is 1.71. The Hall–Kier alpha value is -2.76. The van der Waals surface area contributed by atoms with Gasteiger partial charge in [-0.05, 0) is 30.7 Å². The van der Waals surface area contributed by atoms with Gasteiger partial charge in [-0.2, -0.15) is 0 Å². The predicted octanol–water partition coefficient (Wildman–Crippen LogP) is 3.65.